The fraction of sp³-hybridized carbons (Fsp3) is 0.278. The molecular formula is C18H17ClN2O3. The first-order valence-electron chi connectivity index (χ1n) is 7.73. The topological polar surface area (TPSA) is 59.5 Å². The highest BCUT2D eigenvalue weighted by Crippen LogP contribution is 2.21. The number of hydrogen-bond donors (Lipinski definition) is 0. The van der Waals surface area contributed by atoms with Crippen molar-refractivity contribution >= 4 is 23.3 Å². The van der Waals surface area contributed by atoms with Crippen LogP contribution in [-0.4, -0.2) is 47.4 Å². The Balaban J connectivity index is 1.77. The van der Waals surface area contributed by atoms with Crippen molar-refractivity contribution in [3.63, 3.8) is 0 Å². The third-order valence-electron chi connectivity index (χ3n) is 4.01. The summed E-state index contributed by atoms with van der Waals surface area (Å²) in [7, 11) is 0. The first kappa shape index (κ1) is 16.6. The Bertz CT molecular complexity index is 736. The van der Waals surface area contributed by atoms with E-state index < -0.39 is 0 Å². The average Bonchev–Trinajstić information content (AvgIpc) is 2.63. The smallest absolute Gasteiger partial charge is 0.255 e. The highest BCUT2D eigenvalue weighted by molar-refractivity contribution is 6.33. The van der Waals surface area contributed by atoms with Gasteiger partial charge in [-0.1, -0.05) is 41.9 Å². The highest BCUT2D eigenvalue weighted by Gasteiger charge is 2.30. The Hall–Kier alpha value is -2.24. The lowest BCUT2D eigenvalue weighted by Gasteiger charge is -2.35. The SMILES string of the molecule is O=C(C[C@H]1COCCN1C(=O)c1ccncc1Cl)c1ccccc1. The third kappa shape index (κ3) is 3.63. The minimum absolute atomic E-state index is 0.00951. The van der Waals surface area contributed by atoms with Gasteiger partial charge in [0.05, 0.1) is 29.8 Å². The summed E-state index contributed by atoms with van der Waals surface area (Å²) in [6.07, 6.45) is 3.20. The van der Waals surface area contributed by atoms with Crippen LogP contribution in [0.2, 0.25) is 5.02 Å². The van der Waals surface area contributed by atoms with Crippen molar-refractivity contribution in [3.8, 4) is 0 Å². The molecule has 6 heteroatoms. The predicted octanol–water partition coefficient (Wildman–Crippen LogP) is 2.85. The van der Waals surface area contributed by atoms with E-state index in [1.807, 2.05) is 18.2 Å². The van der Waals surface area contributed by atoms with Gasteiger partial charge in [0.1, 0.15) is 0 Å². The van der Waals surface area contributed by atoms with Crippen LogP contribution in [0.4, 0.5) is 0 Å². The van der Waals surface area contributed by atoms with Gasteiger partial charge in [0.25, 0.3) is 5.91 Å². The second kappa shape index (κ2) is 7.55. The molecule has 0 aliphatic carbocycles. The third-order valence-corrected chi connectivity index (χ3v) is 4.31. The number of Topliss-reactive ketones (excluding diaryl/α,β-unsaturated/α-hetero) is 1. The molecule has 2 aromatic rings. The standard InChI is InChI=1S/C18H17ClN2O3/c19-16-11-20-7-6-15(16)18(23)21-8-9-24-12-14(21)10-17(22)13-4-2-1-3-5-13/h1-7,11,14H,8-10,12H2/t14-/m0/s1. The van der Waals surface area contributed by atoms with Gasteiger partial charge in [-0.2, -0.15) is 0 Å². The number of hydrogen-bond acceptors (Lipinski definition) is 4. The minimum Gasteiger partial charge on any atom is -0.377 e. The molecule has 0 bridgehead atoms. The van der Waals surface area contributed by atoms with E-state index >= 15 is 0 Å². The lowest BCUT2D eigenvalue weighted by Crippen LogP contribution is -2.49. The maximum absolute atomic E-state index is 12.8. The molecule has 0 spiro atoms. The van der Waals surface area contributed by atoms with Crippen LogP contribution in [0.1, 0.15) is 27.1 Å². The van der Waals surface area contributed by atoms with Crippen LogP contribution >= 0.6 is 11.6 Å². The van der Waals surface area contributed by atoms with E-state index in [4.69, 9.17) is 16.3 Å². The van der Waals surface area contributed by atoms with Crippen molar-refractivity contribution in [1.29, 1.82) is 0 Å². The quantitative estimate of drug-likeness (QED) is 0.800. The first-order chi connectivity index (χ1) is 11.7. The van der Waals surface area contributed by atoms with E-state index in [1.165, 1.54) is 12.4 Å². The number of ketones is 1. The van der Waals surface area contributed by atoms with E-state index in [0.29, 0.717) is 35.9 Å². The Morgan fingerprint density at radius 3 is 2.79 bits per heavy atom. The molecule has 1 fully saturated rings. The summed E-state index contributed by atoms with van der Waals surface area (Å²) in [6.45, 7) is 1.22. The van der Waals surface area contributed by atoms with E-state index in [-0.39, 0.29) is 24.2 Å². The number of carbonyl (C=O) groups excluding carboxylic acids is 2. The maximum atomic E-state index is 12.8. The zero-order valence-corrected chi connectivity index (χ0v) is 13.8. The zero-order valence-electron chi connectivity index (χ0n) is 13.0. The Morgan fingerprint density at radius 1 is 1.25 bits per heavy atom. The summed E-state index contributed by atoms with van der Waals surface area (Å²) in [4.78, 5) is 30.8. The fourth-order valence-corrected chi connectivity index (χ4v) is 2.95. The van der Waals surface area contributed by atoms with Gasteiger partial charge in [0, 0.05) is 30.9 Å². The highest BCUT2D eigenvalue weighted by atomic mass is 35.5. The van der Waals surface area contributed by atoms with Crippen molar-refractivity contribution in [2.45, 2.75) is 12.5 Å². The Labute approximate surface area is 145 Å². The van der Waals surface area contributed by atoms with Crippen LogP contribution in [0.15, 0.2) is 48.8 Å². The minimum atomic E-state index is -0.303. The van der Waals surface area contributed by atoms with Crippen LogP contribution < -0.4 is 0 Å². The molecule has 0 unspecified atom stereocenters. The summed E-state index contributed by atoms with van der Waals surface area (Å²) in [5, 5.41) is 0.308. The van der Waals surface area contributed by atoms with E-state index in [1.54, 1.807) is 23.1 Å². The lowest BCUT2D eigenvalue weighted by molar-refractivity contribution is -0.00280. The molecule has 1 aliphatic heterocycles. The van der Waals surface area contributed by atoms with Gasteiger partial charge in [-0.25, -0.2) is 0 Å². The summed E-state index contributed by atoms with van der Waals surface area (Å²) in [6, 6.07) is 10.4. The van der Waals surface area contributed by atoms with Crippen molar-refractivity contribution in [2.75, 3.05) is 19.8 Å². The molecule has 1 atom stereocenters. The summed E-state index contributed by atoms with van der Waals surface area (Å²) in [5.74, 6) is -0.207. The second-order valence-corrected chi connectivity index (χ2v) is 5.98. The summed E-state index contributed by atoms with van der Waals surface area (Å²) in [5.41, 5.74) is 1.03. The molecule has 1 amide bonds. The van der Waals surface area contributed by atoms with Gasteiger partial charge >= 0.3 is 0 Å². The summed E-state index contributed by atoms with van der Waals surface area (Å²) < 4.78 is 5.47. The number of benzene rings is 1. The van der Waals surface area contributed by atoms with Crippen LogP contribution in [0, 0.1) is 0 Å². The van der Waals surface area contributed by atoms with Gasteiger partial charge < -0.3 is 9.64 Å². The van der Waals surface area contributed by atoms with Gasteiger partial charge in [-0.15, -0.1) is 0 Å². The molecule has 1 saturated heterocycles. The number of aromatic nitrogens is 1. The van der Waals surface area contributed by atoms with Gasteiger partial charge in [0.2, 0.25) is 0 Å². The van der Waals surface area contributed by atoms with Crippen LogP contribution in [0.25, 0.3) is 0 Å². The normalized spacial score (nSPS) is 17.5. The van der Waals surface area contributed by atoms with Gasteiger partial charge in [-0.05, 0) is 6.07 Å². The molecule has 0 radical (unpaired) electrons. The zero-order chi connectivity index (χ0) is 16.9. The molecule has 3 rings (SSSR count). The number of ether oxygens (including phenoxy) is 1. The number of morpholine rings is 1. The molecule has 24 heavy (non-hydrogen) atoms. The maximum Gasteiger partial charge on any atom is 0.255 e. The molecule has 5 nitrogen and oxygen atoms in total. The van der Waals surface area contributed by atoms with Crippen molar-refractivity contribution in [3.05, 3.63) is 64.9 Å². The average molecular weight is 345 g/mol. The lowest BCUT2D eigenvalue weighted by atomic mass is 10.0. The predicted molar refractivity (Wildman–Crippen MR) is 90.3 cm³/mol. The van der Waals surface area contributed by atoms with Crippen molar-refractivity contribution < 1.29 is 14.3 Å². The molecular weight excluding hydrogens is 328 g/mol. The van der Waals surface area contributed by atoms with E-state index in [2.05, 4.69) is 4.98 Å². The number of nitrogens with zero attached hydrogens (tertiary/aromatic N) is 2. The number of amides is 1. The van der Waals surface area contributed by atoms with Crippen LogP contribution in [0.5, 0.6) is 0 Å². The molecule has 2 heterocycles. The largest absolute Gasteiger partial charge is 0.377 e. The molecule has 0 N–H and O–H groups in total. The molecule has 1 aromatic carbocycles. The number of pyridine rings is 1. The molecule has 0 saturated carbocycles. The number of halogens is 1. The van der Waals surface area contributed by atoms with Gasteiger partial charge in [0.15, 0.2) is 5.78 Å². The Morgan fingerprint density at radius 2 is 2.04 bits per heavy atom. The Kier molecular flexibility index (Phi) is 5.23. The number of carbonyl (C=O) groups is 2. The van der Waals surface area contributed by atoms with Crippen LogP contribution in [-0.2, 0) is 4.74 Å². The van der Waals surface area contributed by atoms with E-state index in [0.717, 1.165) is 0 Å². The second-order valence-electron chi connectivity index (χ2n) is 5.58. The van der Waals surface area contributed by atoms with Crippen molar-refractivity contribution in [1.82, 2.24) is 9.88 Å². The molecule has 1 aliphatic rings. The fourth-order valence-electron chi connectivity index (χ4n) is 2.75. The van der Waals surface area contributed by atoms with Gasteiger partial charge in [-0.3, -0.25) is 14.6 Å². The van der Waals surface area contributed by atoms with E-state index in [9.17, 15) is 9.59 Å². The summed E-state index contributed by atoms with van der Waals surface area (Å²) >= 11 is 6.08. The molecule has 124 valence electrons. The monoisotopic (exact) mass is 344 g/mol. The van der Waals surface area contributed by atoms with Crippen molar-refractivity contribution in [2.24, 2.45) is 0 Å². The molecule has 1 aromatic heterocycles. The first-order valence-corrected chi connectivity index (χ1v) is 8.11. The van der Waals surface area contributed by atoms with Crippen LogP contribution in [0.3, 0.4) is 0 Å². The number of rotatable bonds is 4.